The lowest BCUT2D eigenvalue weighted by Crippen LogP contribution is -1.68. The summed E-state index contributed by atoms with van der Waals surface area (Å²) in [5.41, 5.74) is 0. The lowest BCUT2D eigenvalue weighted by molar-refractivity contribution is 1.04. The minimum absolute atomic E-state index is 0. The van der Waals surface area contributed by atoms with Crippen molar-refractivity contribution in [2.75, 3.05) is 0 Å². The van der Waals surface area contributed by atoms with Gasteiger partial charge in [0.25, 0.3) is 0 Å². The van der Waals surface area contributed by atoms with Gasteiger partial charge in [0.1, 0.15) is 12.2 Å². The van der Waals surface area contributed by atoms with Crippen molar-refractivity contribution in [3.63, 3.8) is 0 Å². The van der Waals surface area contributed by atoms with E-state index in [0.717, 1.165) is 5.82 Å². The van der Waals surface area contributed by atoms with Crippen molar-refractivity contribution in [3.05, 3.63) is 12.2 Å². The van der Waals surface area contributed by atoms with E-state index in [0.29, 0.717) is 0 Å². The van der Waals surface area contributed by atoms with E-state index in [2.05, 4.69) is 15.2 Å². The molecule has 3 heteroatoms. The lowest BCUT2D eigenvalue weighted by Gasteiger charge is -1.66. The second kappa shape index (κ2) is 1.08. The third-order valence-corrected chi connectivity index (χ3v) is 0.535. The Labute approximate surface area is 36.9 Å². The van der Waals surface area contributed by atoms with Crippen molar-refractivity contribution in [1.82, 2.24) is 15.2 Å². The van der Waals surface area contributed by atoms with Crippen LogP contribution in [0.4, 0.5) is 0 Å². The van der Waals surface area contributed by atoms with E-state index in [1.54, 1.807) is 0 Å². The Hall–Kier alpha value is -0.860. The first-order valence-corrected chi connectivity index (χ1v) is 1.71. The highest BCUT2D eigenvalue weighted by atomic mass is 15.2. The normalized spacial score (nSPS) is 8.83. The molecule has 34 valence electrons. The third-order valence-electron chi connectivity index (χ3n) is 0.535. The standard InChI is InChI=1S/C3H5N3.H2/c1-3-4-2-5-6-3;/h2H,1H3,(H,4,5,6);1H. The zero-order valence-electron chi connectivity index (χ0n) is 3.47. The summed E-state index contributed by atoms with van der Waals surface area (Å²) in [5.74, 6) is 0.856. The van der Waals surface area contributed by atoms with Crippen molar-refractivity contribution >= 4 is 0 Å². The zero-order valence-corrected chi connectivity index (χ0v) is 3.47. The maximum atomic E-state index is 3.75. The first-order valence-electron chi connectivity index (χ1n) is 1.71. The highest BCUT2D eigenvalue weighted by Crippen LogP contribution is 1.73. The number of hydrogen-bond donors (Lipinski definition) is 1. The van der Waals surface area contributed by atoms with E-state index in [9.17, 15) is 0 Å². The van der Waals surface area contributed by atoms with Crippen LogP contribution in [0.1, 0.15) is 7.25 Å². The summed E-state index contributed by atoms with van der Waals surface area (Å²) in [7, 11) is 0. The monoisotopic (exact) mass is 85.1 g/mol. The topological polar surface area (TPSA) is 41.6 Å². The van der Waals surface area contributed by atoms with Gasteiger partial charge in [-0.15, -0.1) is 0 Å². The van der Waals surface area contributed by atoms with Crippen molar-refractivity contribution in [2.45, 2.75) is 6.92 Å². The summed E-state index contributed by atoms with van der Waals surface area (Å²) < 4.78 is 0. The van der Waals surface area contributed by atoms with Gasteiger partial charge in [0.05, 0.1) is 0 Å². The van der Waals surface area contributed by atoms with Crippen LogP contribution in [-0.4, -0.2) is 15.2 Å². The van der Waals surface area contributed by atoms with Gasteiger partial charge in [0.2, 0.25) is 0 Å². The fourth-order valence-electron chi connectivity index (χ4n) is 0.267. The van der Waals surface area contributed by atoms with Crippen LogP contribution < -0.4 is 0 Å². The molecule has 0 saturated heterocycles. The van der Waals surface area contributed by atoms with Crippen molar-refractivity contribution in [1.29, 1.82) is 0 Å². The van der Waals surface area contributed by atoms with Crippen LogP contribution in [0.3, 0.4) is 0 Å². The van der Waals surface area contributed by atoms with Crippen molar-refractivity contribution in [2.24, 2.45) is 0 Å². The highest BCUT2D eigenvalue weighted by molar-refractivity contribution is 4.70. The number of rotatable bonds is 0. The van der Waals surface area contributed by atoms with Crippen LogP contribution in [0.25, 0.3) is 0 Å². The maximum absolute atomic E-state index is 3.75. The molecule has 1 rings (SSSR count). The molecule has 6 heavy (non-hydrogen) atoms. The smallest absolute Gasteiger partial charge is 0.137 e. The molecular weight excluding hydrogens is 78.1 g/mol. The maximum Gasteiger partial charge on any atom is 0.137 e. The number of nitrogens with zero attached hydrogens (tertiary/aromatic N) is 2. The molecule has 0 aliphatic carbocycles. The Kier molecular flexibility index (Phi) is 0.602. The van der Waals surface area contributed by atoms with Crippen molar-refractivity contribution < 1.29 is 1.43 Å². The van der Waals surface area contributed by atoms with Crippen LogP contribution in [0.5, 0.6) is 0 Å². The first-order chi connectivity index (χ1) is 2.89. The van der Waals surface area contributed by atoms with Gasteiger partial charge in [-0.1, -0.05) is 0 Å². The summed E-state index contributed by atoms with van der Waals surface area (Å²) >= 11 is 0. The summed E-state index contributed by atoms with van der Waals surface area (Å²) in [5, 5.41) is 6.22. The minimum atomic E-state index is 0. The summed E-state index contributed by atoms with van der Waals surface area (Å²) in [6.07, 6.45) is 1.48. The number of hydrogen-bond acceptors (Lipinski definition) is 2. The molecule has 0 spiro atoms. The predicted octanol–water partition coefficient (Wildman–Crippen LogP) is 0.359. The molecule has 1 heterocycles. The summed E-state index contributed by atoms with van der Waals surface area (Å²) in [6.45, 7) is 1.85. The molecule has 0 saturated carbocycles. The Morgan fingerprint density at radius 3 is 3.00 bits per heavy atom. The average molecular weight is 85.1 g/mol. The van der Waals surface area contributed by atoms with E-state index in [-0.39, 0.29) is 1.43 Å². The van der Waals surface area contributed by atoms with E-state index in [4.69, 9.17) is 0 Å². The Bertz CT molecular complexity index is 114. The third kappa shape index (κ3) is 0.381. The number of aromatic amines is 1. The first kappa shape index (κ1) is 3.33. The number of aromatic nitrogens is 3. The molecule has 1 aromatic heterocycles. The van der Waals surface area contributed by atoms with E-state index in [1.165, 1.54) is 6.33 Å². The van der Waals surface area contributed by atoms with Gasteiger partial charge in [-0.05, 0) is 6.92 Å². The number of aryl methyl sites for hydroxylation is 1. The molecule has 0 unspecified atom stereocenters. The molecule has 0 fully saturated rings. The molecule has 0 atom stereocenters. The molecule has 0 amide bonds. The predicted molar refractivity (Wildman–Crippen MR) is 23.2 cm³/mol. The summed E-state index contributed by atoms with van der Waals surface area (Å²) in [6, 6.07) is 0. The lowest BCUT2D eigenvalue weighted by atomic mass is 10.8. The molecule has 0 bridgehead atoms. The van der Waals surface area contributed by atoms with Gasteiger partial charge in [-0.25, -0.2) is 4.98 Å². The Balaban J connectivity index is 0.000000360. The summed E-state index contributed by atoms with van der Waals surface area (Å²) in [4.78, 5) is 3.75. The van der Waals surface area contributed by atoms with Crippen LogP contribution in [0, 0.1) is 6.92 Å². The van der Waals surface area contributed by atoms with E-state index >= 15 is 0 Å². The molecule has 1 N–H and O–H groups in total. The van der Waals surface area contributed by atoms with E-state index in [1.807, 2.05) is 6.92 Å². The molecule has 0 radical (unpaired) electrons. The van der Waals surface area contributed by atoms with Crippen LogP contribution in [0.15, 0.2) is 6.33 Å². The largest absolute Gasteiger partial charge is 0.264 e. The van der Waals surface area contributed by atoms with Gasteiger partial charge in [-0.2, -0.15) is 5.10 Å². The molecule has 1 aromatic rings. The van der Waals surface area contributed by atoms with E-state index < -0.39 is 0 Å². The number of nitrogens with one attached hydrogen (secondary N) is 1. The Morgan fingerprint density at radius 2 is 2.83 bits per heavy atom. The van der Waals surface area contributed by atoms with Gasteiger partial charge in [-0.3, -0.25) is 5.10 Å². The number of H-pyrrole nitrogens is 1. The molecule has 0 aromatic carbocycles. The van der Waals surface area contributed by atoms with Crippen LogP contribution in [-0.2, 0) is 0 Å². The molecule has 0 aliphatic rings. The van der Waals surface area contributed by atoms with Gasteiger partial charge < -0.3 is 0 Å². The second-order valence-corrected chi connectivity index (χ2v) is 1.07. The van der Waals surface area contributed by atoms with Gasteiger partial charge in [0.15, 0.2) is 0 Å². The molecular formula is C3H7N3. The van der Waals surface area contributed by atoms with Crippen molar-refractivity contribution in [3.8, 4) is 0 Å². The quantitative estimate of drug-likeness (QED) is 0.494. The molecule has 3 nitrogen and oxygen atoms in total. The van der Waals surface area contributed by atoms with Crippen LogP contribution in [0.2, 0.25) is 0 Å². The SMILES string of the molecule is Cc1ncn[nH]1.[HH]. The Morgan fingerprint density at radius 1 is 2.00 bits per heavy atom. The average Bonchev–Trinajstić information content (AvgIpc) is 1.86. The van der Waals surface area contributed by atoms with Crippen LogP contribution >= 0.6 is 0 Å². The second-order valence-electron chi connectivity index (χ2n) is 1.07. The fourth-order valence-corrected chi connectivity index (χ4v) is 0.267. The highest BCUT2D eigenvalue weighted by Gasteiger charge is 1.75. The minimum Gasteiger partial charge on any atom is -0.264 e. The van der Waals surface area contributed by atoms with Gasteiger partial charge in [0, 0.05) is 1.43 Å². The molecule has 0 aliphatic heterocycles. The fraction of sp³-hybridized carbons (Fsp3) is 0.333. The zero-order chi connectivity index (χ0) is 4.41. The van der Waals surface area contributed by atoms with Gasteiger partial charge >= 0.3 is 0 Å².